The first kappa shape index (κ1) is 29.8. The van der Waals surface area contributed by atoms with Gasteiger partial charge in [-0.25, -0.2) is 18.7 Å². The van der Waals surface area contributed by atoms with E-state index in [4.69, 9.17) is 24.5 Å². The van der Waals surface area contributed by atoms with Crippen LogP contribution in [0.25, 0.3) is 54.9 Å². The molecule has 0 bridgehead atoms. The van der Waals surface area contributed by atoms with Gasteiger partial charge in [0.15, 0.2) is 0 Å². The van der Waals surface area contributed by atoms with E-state index < -0.39 is 11.6 Å². The molecule has 6 heterocycles. The van der Waals surface area contributed by atoms with Crippen molar-refractivity contribution in [3.8, 4) is 39.5 Å². The number of rotatable bonds is 8. The van der Waals surface area contributed by atoms with E-state index in [-0.39, 0.29) is 36.5 Å². The lowest BCUT2D eigenvalue weighted by Crippen LogP contribution is -2.40. The Labute approximate surface area is 267 Å². The maximum Gasteiger partial charge on any atom is 0.246 e. The summed E-state index contributed by atoms with van der Waals surface area (Å²) in [5.74, 6) is -1.68. The summed E-state index contributed by atoms with van der Waals surface area (Å²) in [6.07, 6.45) is 5.03. The molecule has 0 saturated heterocycles. The summed E-state index contributed by atoms with van der Waals surface area (Å²) in [5, 5.41) is 8.58. The lowest BCUT2D eigenvalue weighted by atomic mass is 9.96. The number of fused-ring (bicyclic) bond motifs is 3. The van der Waals surface area contributed by atoms with Crippen LogP contribution in [0.3, 0.4) is 0 Å². The number of halogens is 2. The molecule has 0 radical (unpaired) electrons. The second kappa shape index (κ2) is 11.8. The number of nitrogens with zero attached hydrogens (tertiary/aromatic N) is 6. The fourth-order valence-corrected chi connectivity index (χ4v) is 7.07. The Bertz CT molecular complexity index is 2150. The molecular formula is C34H30F2N6O3S. The van der Waals surface area contributed by atoms with E-state index in [2.05, 4.69) is 6.58 Å². The molecule has 0 spiro atoms. The Balaban J connectivity index is 1.50. The summed E-state index contributed by atoms with van der Waals surface area (Å²) in [6, 6.07) is 9.59. The maximum atomic E-state index is 16.0. The minimum absolute atomic E-state index is 0.0347. The van der Waals surface area contributed by atoms with E-state index in [0.717, 1.165) is 38.4 Å². The van der Waals surface area contributed by atoms with Crippen LogP contribution in [0.2, 0.25) is 0 Å². The molecule has 0 N–H and O–H groups in total. The number of ether oxygens (including phenoxy) is 2. The van der Waals surface area contributed by atoms with Crippen LogP contribution < -0.4 is 4.74 Å². The SMILES string of the molecule is C=CC(=O)N1CCn2nc(-c3nc(-c4cnc5c(ccn5C)c4)c4ccsc4c3-c3c(F)cc(F)cc3OCCOC)cc2C1C. The molecule has 5 aromatic heterocycles. The average Bonchev–Trinajstić information content (AvgIpc) is 3.79. The third-order valence-corrected chi connectivity index (χ3v) is 9.29. The van der Waals surface area contributed by atoms with Crippen LogP contribution >= 0.6 is 11.3 Å². The number of methoxy groups -OCH3 is 1. The van der Waals surface area contributed by atoms with Gasteiger partial charge < -0.3 is 18.9 Å². The fraction of sp³-hybridized carbons (Fsp3) is 0.235. The number of benzene rings is 1. The number of hydrogen-bond donors (Lipinski definition) is 0. The Morgan fingerprint density at radius 3 is 2.78 bits per heavy atom. The number of pyridine rings is 2. The van der Waals surface area contributed by atoms with E-state index in [0.29, 0.717) is 35.7 Å². The lowest BCUT2D eigenvalue weighted by Gasteiger charge is -2.33. The number of aromatic nitrogens is 5. The molecule has 0 saturated carbocycles. The molecule has 1 amide bonds. The molecule has 1 aliphatic heterocycles. The molecule has 1 aliphatic rings. The number of thiophene rings is 1. The second-order valence-electron chi connectivity index (χ2n) is 11.1. The summed E-state index contributed by atoms with van der Waals surface area (Å²) in [5.41, 5.74) is 4.49. The van der Waals surface area contributed by atoms with Gasteiger partial charge in [0, 0.05) is 71.8 Å². The fourth-order valence-electron chi connectivity index (χ4n) is 6.12. The molecule has 6 aromatic rings. The molecule has 0 fully saturated rings. The molecule has 12 heteroatoms. The van der Waals surface area contributed by atoms with Gasteiger partial charge in [0.2, 0.25) is 5.91 Å². The van der Waals surface area contributed by atoms with Crippen LogP contribution in [0.15, 0.2) is 66.8 Å². The van der Waals surface area contributed by atoms with Gasteiger partial charge in [-0.15, -0.1) is 11.3 Å². The van der Waals surface area contributed by atoms with Gasteiger partial charge in [-0.1, -0.05) is 6.58 Å². The summed E-state index contributed by atoms with van der Waals surface area (Å²) in [4.78, 5) is 24.2. The standard InChI is InChI=1S/C34H30F2N6O3S/c1-5-28(43)41-9-10-42-26(19(41)2)17-25(39-42)32-30(29-24(36)15-22(35)16-27(29)45-12-11-44-4)33-23(7-13-46-33)31(38-32)21-14-20-6-8-40(3)34(20)37-18-21/h5-8,13-19H,1,9-12H2,2-4H3. The van der Waals surface area contributed by atoms with Crippen LogP contribution in [0.1, 0.15) is 18.7 Å². The van der Waals surface area contributed by atoms with E-state index in [1.807, 2.05) is 59.1 Å². The summed E-state index contributed by atoms with van der Waals surface area (Å²) < 4.78 is 46.2. The van der Waals surface area contributed by atoms with Crippen molar-refractivity contribution in [1.82, 2.24) is 29.2 Å². The van der Waals surface area contributed by atoms with Crippen molar-refractivity contribution < 1.29 is 23.0 Å². The highest BCUT2D eigenvalue weighted by Gasteiger charge is 2.31. The highest BCUT2D eigenvalue weighted by molar-refractivity contribution is 7.18. The average molecular weight is 641 g/mol. The quantitative estimate of drug-likeness (QED) is 0.135. The third-order valence-electron chi connectivity index (χ3n) is 8.36. The van der Waals surface area contributed by atoms with E-state index in [1.54, 1.807) is 11.1 Å². The Kier molecular flexibility index (Phi) is 7.61. The van der Waals surface area contributed by atoms with Crippen molar-refractivity contribution in [3.05, 3.63) is 84.2 Å². The number of amides is 1. The molecule has 9 nitrogen and oxygen atoms in total. The van der Waals surface area contributed by atoms with Gasteiger partial charge in [-0.3, -0.25) is 9.48 Å². The number of hydrogen-bond acceptors (Lipinski definition) is 7. The third kappa shape index (κ3) is 4.94. The van der Waals surface area contributed by atoms with Crippen molar-refractivity contribution in [2.45, 2.75) is 19.5 Å². The Morgan fingerprint density at radius 2 is 1.98 bits per heavy atom. The predicted octanol–water partition coefficient (Wildman–Crippen LogP) is 6.77. The van der Waals surface area contributed by atoms with Crippen LogP contribution in [0.5, 0.6) is 5.75 Å². The highest BCUT2D eigenvalue weighted by Crippen LogP contribution is 2.47. The molecule has 234 valence electrons. The molecule has 46 heavy (non-hydrogen) atoms. The van der Waals surface area contributed by atoms with Gasteiger partial charge in [0.05, 0.1) is 36.1 Å². The zero-order chi connectivity index (χ0) is 32.1. The first-order valence-corrected chi connectivity index (χ1v) is 15.6. The number of carbonyl (C=O) groups is 1. The van der Waals surface area contributed by atoms with Crippen LogP contribution in [-0.2, 0) is 23.1 Å². The largest absolute Gasteiger partial charge is 0.490 e. The second-order valence-corrected chi connectivity index (χ2v) is 12.0. The van der Waals surface area contributed by atoms with Gasteiger partial charge in [0.1, 0.15) is 41.0 Å². The number of carbonyl (C=O) groups excluding carboxylic acids is 1. The van der Waals surface area contributed by atoms with Crippen molar-refractivity contribution >= 4 is 38.4 Å². The first-order valence-electron chi connectivity index (χ1n) is 14.7. The molecule has 7 rings (SSSR count). The minimum atomic E-state index is -0.787. The summed E-state index contributed by atoms with van der Waals surface area (Å²) in [7, 11) is 3.46. The van der Waals surface area contributed by atoms with E-state index in [9.17, 15) is 9.18 Å². The smallest absolute Gasteiger partial charge is 0.246 e. The normalized spacial score (nSPS) is 14.6. The summed E-state index contributed by atoms with van der Waals surface area (Å²) >= 11 is 1.42. The Hall–Kier alpha value is -4.94. The minimum Gasteiger partial charge on any atom is -0.490 e. The van der Waals surface area contributed by atoms with Gasteiger partial charge in [0.25, 0.3) is 0 Å². The van der Waals surface area contributed by atoms with Crippen molar-refractivity contribution in [2.24, 2.45) is 7.05 Å². The Morgan fingerprint density at radius 1 is 1.13 bits per heavy atom. The van der Waals surface area contributed by atoms with Crippen molar-refractivity contribution in [1.29, 1.82) is 0 Å². The van der Waals surface area contributed by atoms with Crippen molar-refractivity contribution in [3.63, 3.8) is 0 Å². The first-order chi connectivity index (χ1) is 22.3. The summed E-state index contributed by atoms with van der Waals surface area (Å²) in [6.45, 7) is 6.83. The van der Waals surface area contributed by atoms with Gasteiger partial charge in [-0.2, -0.15) is 5.10 Å². The van der Waals surface area contributed by atoms with Crippen LogP contribution in [-0.4, -0.2) is 62.0 Å². The lowest BCUT2D eigenvalue weighted by molar-refractivity contribution is -0.129. The number of aryl methyl sites for hydroxylation is 1. The van der Waals surface area contributed by atoms with E-state index in [1.165, 1.54) is 30.6 Å². The molecule has 1 atom stereocenters. The van der Waals surface area contributed by atoms with Gasteiger partial charge >= 0.3 is 0 Å². The topological polar surface area (TPSA) is 87.3 Å². The van der Waals surface area contributed by atoms with E-state index >= 15 is 4.39 Å². The molecule has 1 aromatic carbocycles. The van der Waals surface area contributed by atoms with Crippen LogP contribution in [0.4, 0.5) is 8.78 Å². The molecule has 1 unspecified atom stereocenters. The molecular weight excluding hydrogens is 610 g/mol. The monoisotopic (exact) mass is 640 g/mol. The highest BCUT2D eigenvalue weighted by atomic mass is 32.1. The van der Waals surface area contributed by atoms with Crippen molar-refractivity contribution in [2.75, 3.05) is 26.9 Å². The zero-order valence-corrected chi connectivity index (χ0v) is 26.3. The van der Waals surface area contributed by atoms with Crippen LogP contribution in [0, 0.1) is 11.6 Å². The predicted molar refractivity (Wildman–Crippen MR) is 174 cm³/mol. The maximum absolute atomic E-state index is 16.0. The zero-order valence-electron chi connectivity index (χ0n) is 25.5. The van der Waals surface area contributed by atoms with Gasteiger partial charge in [-0.05, 0) is 42.6 Å². The molecule has 0 aliphatic carbocycles.